The molecule has 0 unspecified atom stereocenters. The minimum atomic E-state index is 0.453. The van der Waals surface area contributed by atoms with E-state index in [0.29, 0.717) is 18.9 Å². The third kappa shape index (κ3) is 4.14. The quantitative estimate of drug-likeness (QED) is 0.617. The molecule has 3 nitrogen and oxygen atoms in total. The second-order valence-electron chi connectivity index (χ2n) is 3.81. The Kier molecular flexibility index (Phi) is 5.10. The predicted octanol–water partition coefficient (Wildman–Crippen LogP) is 4.25. The van der Waals surface area contributed by atoms with E-state index < -0.39 is 0 Å². The fraction of sp³-hybridized carbons (Fsp3) is 0.143. The monoisotopic (exact) mass is 385 g/mol. The van der Waals surface area contributed by atoms with Crippen LogP contribution in [0.3, 0.4) is 0 Å². The summed E-state index contributed by atoms with van der Waals surface area (Å²) in [7, 11) is 0. The molecule has 0 aliphatic heterocycles. The lowest BCUT2D eigenvalue weighted by molar-refractivity contribution is 0.216. The Morgan fingerprint density at radius 1 is 0.947 bits per heavy atom. The highest BCUT2D eigenvalue weighted by molar-refractivity contribution is 9.11. The van der Waals surface area contributed by atoms with Crippen molar-refractivity contribution in [1.82, 2.24) is 0 Å². The van der Waals surface area contributed by atoms with Gasteiger partial charge in [0.05, 0.1) is 4.47 Å². The van der Waals surface area contributed by atoms with Gasteiger partial charge in [-0.1, -0.05) is 28.1 Å². The van der Waals surface area contributed by atoms with Crippen molar-refractivity contribution in [3.8, 4) is 11.5 Å². The number of nitrogens with two attached hydrogens (primary N) is 1. The number of hydrogen-bond acceptors (Lipinski definition) is 3. The van der Waals surface area contributed by atoms with Crippen molar-refractivity contribution >= 4 is 37.5 Å². The maximum atomic E-state index is 5.77. The number of hydrogen-bond donors (Lipinski definition) is 1. The normalized spacial score (nSPS) is 10.2. The van der Waals surface area contributed by atoms with E-state index in [1.54, 1.807) is 0 Å². The summed E-state index contributed by atoms with van der Waals surface area (Å²) in [6.07, 6.45) is 0. The van der Waals surface area contributed by atoms with Crippen molar-refractivity contribution in [3.05, 3.63) is 51.4 Å². The Labute approximate surface area is 129 Å². The molecular formula is C14H13Br2NO2. The van der Waals surface area contributed by atoms with E-state index >= 15 is 0 Å². The highest BCUT2D eigenvalue weighted by Crippen LogP contribution is 2.30. The van der Waals surface area contributed by atoms with Crippen molar-refractivity contribution < 1.29 is 9.47 Å². The molecule has 2 aromatic carbocycles. The minimum Gasteiger partial charge on any atom is -0.490 e. The molecule has 2 N–H and O–H groups in total. The molecule has 100 valence electrons. The molecule has 0 fully saturated rings. The van der Waals surface area contributed by atoms with Crippen LogP contribution in [0, 0.1) is 0 Å². The smallest absolute Gasteiger partial charge is 0.135 e. The Morgan fingerprint density at radius 3 is 2.47 bits per heavy atom. The van der Waals surface area contributed by atoms with Gasteiger partial charge in [0.25, 0.3) is 0 Å². The van der Waals surface area contributed by atoms with Gasteiger partial charge in [0.2, 0.25) is 0 Å². The highest BCUT2D eigenvalue weighted by Gasteiger charge is 2.03. The zero-order valence-corrected chi connectivity index (χ0v) is 13.3. The van der Waals surface area contributed by atoms with Crippen LogP contribution in [-0.4, -0.2) is 13.2 Å². The summed E-state index contributed by atoms with van der Waals surface area (Å²) < 4.78 is 12.9. The van der Waals surface area contributed by atoms with Gasteiger partial charge in [-0.2, -0.15) is 0 Å². The topological polar surface area (TPSA) is 44.5 Å². The maximum Gasteiger partial charge on any atom is 0.135 e. The molecule has 0 aromatic heterocycles. The molecule has 19 heavy (non-hydrogen) atoms. The van der Waals surface area contributed by atoms with Gasteiger partial charge in [-0.15, -0.1) is 0 Å². The molecule has 0 aliphatic carbocycles. The largest absolute Gasteiger partial charge is 0.490 e. The average molecular weight is 387 g/mol. The van der Waals surface area contributed by atoms with Gasteiger partial charge < -0.3 is 15.2 Å². The standard InChI is InChI=1S/C14H13Br2NO2/c15-10-3-1-4-11(9-10)18-7-8-19-13-6-2-5-12(17)14(13)16/h1-6,9H,7-8,17H2. The molecule has 0 saturated heterocycles. The van der Waals surface area contributed by atoms with Crippen LogP contribution in [0.25, 0.3) is 0 Å². The highest BCUT2D eigenvalue weighted by atomic mass is 79.9. The first-order valence-electron chi connectivity index (χ1n) is 5.72. The van der Waals surface area contributed by atoms with Gasteiger partial charge in [-0.25, -0.2) is 0 Å². The number of benzene rings is 2. The van der Waals surface area contributed by atoms with E-state index in [4.69, 9.17) is 15.2 Å². The van der Waals surface area contributed by atoms with Gasteiger partial charge in [0.15, 0.2) is 0 Å². The summed E-state index contributed by atoms with van der Waals surface area (Å²) in [6, 6.07) is 13.2. The van der Waals surface area contributed by atoms with E-state index in [0.717, 1.165) is 20.4 Å². The Morgan fingerprint density at radius 2 is 1.68 bits per heavy atom. The van der Waals surface area contributed by atoms with Gasteiger partial charge in [-0.05, 0) is 46.3 Å². The van der Waals surface area contributed by atoms with Crippen LogP contribution in [0.1, 0.15) is 0 Å². The lowest BCUT2D eigenvalue weighted by Crippen LogP contribution is -2.09. The fourth-order valence-electron chi connectivity index (χ4n) is 1.51. The molecule has 0 bridgehead atoms. The number of ether oxygens (including phenoxy) is 2. The Bertz CT molecular complexity index is 561. The SMILES string of the molecule is Nc1cccc(OCCOc2cccc(Br)c2)c1Br. The second kappa shape index (κ2) is 6.82. The van der Waals surface area contributed by atoms with Crippen molar-refractivity contribution in [1.29, 1.82) is 0 Å². The molecule has 5 heteroatoms. The number of halogens is 2. The van der Waals surface area contributed by atoms with Gasteiger partial charge in [0.1, 0.15) is 24.7 Å². The molecule has 0 saturated carbocycles. The van der Waals surface area contributed by atoms with Gasteiger partial charge >= 0.3 is 0 Å². The molecule has 2 aromatic rings. The lowest BCUT2D eigenvalue weighted by Gasteiger charge is -2.10. The first kappa shape index (κ1) is 14.2. The summed E-state index contributed by atoms with van der Waals surface area (Å²) >= 11 is 6.78. The van der Waals surface area contributed by atoms with Crippen molar-refractivity contribution in [2.45, 2.75) is 0 Å². The third-order valence-electron chi connectivity index (χ3n) is 2.40. The molecule has 0 heterocycles. The van der Waals surface area contributed by atoms with Crippen LogP contribution in [-0.2, 0) is 0 Å². The van der Waals surface area contributed by atoms with Crippen molar-refractivity contribution in [2.75, 3.05) is 18.9 Å². The van der Waals surface area contributed by atoms with Gasteiger partial charge in [-0.3, -0.25) is 0 Å². The van der Waals surface area contributed by atoms with Crippen LogP contribution < -0.4 is 15.2 Å². The maximum absolute atomic E-state index is 5.77. The predicted molar refractivity (Wildman–Crippen MR) is 83.7 cm³/mol. The lowest BCUT2D eigenvalue weighted by atomic mass is 10.3. The number of nitrogen functional groups attached to an aromatic ring is 1. The summed E-state index contributed by atoms with van der Waals surface area (Å²) in [4.78, 5) is 0. The Hall–Kier alpha value is -1.20. The minimum absolute atomic E-state index is 0.453. The van der Waals surface area contributed by atoms with Crippen LogP contribution in [0.4, 0.5) is 5.69 Å². The zero-order chi connectivity index (χ0) is 13.7. The molecule has 0 spiro atoms. The van der Waals surface area contributed by atoms with Crippen LogP contribution in [0.5, 0.6) is 11.5 Å². The molecule has 0 aliphatic rings. The molecule has 2 rings (SSSR count). The average Bonchev–Trinajstić information content (AvgIpc) is 2.39. The molecular weight excluding hydrogens is 374 g/mol. The van der Waals surface area contributed by atoms with Crippen molar-refractivity contribution in [2.24, 2.45) is 0 Å². The van der Waals surface area contributed by atoms with E-state index in [2.05, 4.69) is 31.9 Å². The number of rotatable bonds is 5. The first-order valence-corrected chi connectivity index (χ1v) is 7.30. The summed E-state index contributed by atoms with van der Waals surface area (Å²) in [5.41, 5.74) is 6.43. The summed E-state index contributed by atoms with van der Waals surface area (Å²) in [6.45, 7) is 0.923. The molecule has 0 radical (unpaired) electrons. The van der Waals surface area contributed by atoms with Crippen LogP contribution >= 0.6 is 31.9 Å². The second-order valence-corrected chi connectivity index (χ2v) is 5.52. The van der Waals surface area contributed by atoms with E-state index in [1.807, 2.05) is 42.5 Å². The van der Waals surface area contributed by atoms with Crippen LogP contribution in [0.15, 0.2) is 51.4 Å². The van der Waals surface area contributed by atoms with E-state index in [-0.39, 0.29) is 0 Å². The first-order chi connectivity index (χ1) is 9.16. The fourth-order valence-corrected chi connectivity index (χ4v) is 2.26. The third-order valence-corrected chi connectivity index (χ3v) is 3.74. The molecule has 0 atom stereocenters. The number of anilines is 1. The zero-order valence-electron chi connectivity index (χ0n) is 10.1. The van der Waals surface area contributed by atoms with Gasteiger partial charge in [0, 0.05) is 10.2 Å². The summed E-state index contributed by atoms with van der Waals surface area (Å²) in [5, 5.41) is 0. The van der Waals surface area contributed by atoms with E-state index in [9.17, 15) is 0 Å². The van der Waals surface area contributed by atoms with E-state index in [1.165, 1.54) is 0 Å². The van der Waals surface area contributed by atoms with Crippen molar-refractivity contribution in [3.63, 3.8) is 0 Å². The Balaban J connectivity index is 1.82. The summed E-state index contributed by atoms with van der Waals surface area (Å²) in [5.74, 6) is 1.53. The molecule has 0 amide bonds. The van der Waals surface area contributed by atoms with Crippen LogP contribution in [0.2, 0.25) is 0 Å².